The summed E-state index contributed by atoms with van der Waals surface area (Å²) in [5.74, 6) is -0.0302. The molecule has 10 heteroatoms. The zero-order valence-electron chi connectivity index (χ0n) is 13.8. The van der Waals surface area contributed by atoms with Gasteiger partial charge in [0.1, 0.15) is 5.75 Å². The van der Waals surface area contributed by atoms with Crippen molar-refractivity contribution in [2.45, 2.75) is 11.8 Å². The minimum absolute atomic E-state index is 0.150. The van der Waals surface area contributed by atoms with Crippen LogP contribution in [0.5, 0.6) is 5.75 Å². The van der Waals surface area contributed by atoms with E-state index < -0.39 is 25.5 Å². The molecule has 2 aromatic rings. The zero-order chi connectivity index (χ0) is 19.2. The summed E-state index contributed by atoms with van der Waals surface area (Å²) in [7, 11) is -4.17. The number of nitro groups is 1. The van der Waals surface area contributed by atoms with Gasteiger partial charge in [-0.2, -0.15) is 0 Å². The first-order valence-electron chi connectivity index (χ1n) is 7.59. The van der Waals surface area contributed by atoms with Crippen LogP contribution in [0.25, 0.3) is 0 Å². The molecule has 0 saturated heterocycles. The summed E-state index contributed by atoms with van der Waals surface area (Å²) in [6.07, 6.45) is 0. The fraction of sp³-hybridized carbons (Fsp3) is 0.188. The van der Waals surface area contributed by atoms with Crippen molar-refractivity contribution in [1.82, 2.24) is 5.32 Å². The van der Waals surface area contributed by atoms with Crippen LogP contribution in [-0.2, 0) is 14.8 Å². The number of nitrogens with one attached hydrogen (secondary N) is 2. The fourth-order valence-electron chi connectivity index (χ4n) is 2.09. The van der Waals surface area contributed by atoms with Crippen LogP contribution in [0, 0.1) is 10.1 Å². The molecule has 0 heterocycles. The smallest absolute Gasteiger partial charge is 0.289 e. The third kappa shape index (κ3) is 4.93. The monoisotopic (exact) mass is 379 g/mol. The first-order valence-corrected chi connectivity index (χ1v) is 9.07. The van der Waals surface area contributed by atoms with Crippen molar-refractivity contribution >= 4 is 27.3 Å². The van der Waals surface area contributed by atoms with Gasteiger partial charge in [0, 0.05) is 18.7 Å². The summed E-state index contributed by atoms with van der Waals surface area (Å²) in [6.45, 7) is 2.03. The molecule has 0 aliphatic heterocycles. The number of nitro benzene ring substituents is 1. The lowest BCUT2D eigenvalue weighted by Crippen LogP contribution is -2.28. The standard InChI is InChI=1S/C16H17N3O6S/c1-2-17-16(20)11-25-13-7-5-6-12(10-13)18-26(23,24)15-9-4-3-8-14(15)19(21)22/h3-10,18H,2,11H2,1H3,(H,17,20). The summed E-state index contributed by atoms with van der Waals surface area (Å²) < 4.78 is 32.5. The number of para-hydroxylation sites is 1. The van der Waals surface area contributed by atoms with Gasteiger partial charge in [-0.15, -0.1) is 0 Å². The Hall–Kier alpha value is -3.14. The quantitative estimate of drug-likeness (QED) is 0.533. The van der Waals surface area contributed by atoms with E-state index in [0.29, 0.717) is 6.54 Å². The number of hydrogen-bond donors (Lipinski definition) is 2. The second kappa shape index (κ2) is 8.30. The van der Waals surface area contributed by atoms with Gasteiger partial charge in [-0.3, -0.25) is 19.6 Å². The number of carbonyl (C=O) groups is 1. The van der Waals surface area contributed by atoms with Crippen LogP contribution in [0.1, 0.15) is 6.92 Å². The van der Waals surface area contributed by atoms with E-state index in [4.69, 9.17) is 4.74 Å². The number of anilines is 1. The van der Waals surface area contributed by atoms with E-state index in [9.17, 15) is 23.3 Å². The van der Waals surface area contributed by atoms with E-state index in [0.717, 1.165) is 12.1 Å². The predicted octanol–water partition coefficient (Wildman–Crippen LogP) is 1.91. The van der Waals surface area contributed by atoms with Crippen molar-refractivity contribution in [2.24, 2.45) is 0 Å². The van der Waals surface area contributed by atoms with Crippen LogP contribution < -0.4 is 14.8 Å². The molecule has 0 atom stereocenters. The molecule has 0 saturated carbocycles. The second-order valence-corrected chi connectivity index (χ2v) is 6.75. The minimum Gasteiger partial charge on any atom is -0.484 e. The van der Waals surface area contributed by atoms with Crippen molar-refractivity contribution in [3.8, 4) is 5.75 Å². The Balaban J connectivity index is 2.19. The Morgan fingerprint density at radius 3 is 2.62 bits per heavy atom. The molecule has 0 aliphatic carbocycles. The van der Waals surface area contributed by atoms with Gasteiger partial charge in [-0.05, 0) is 25.1 Å². The molecule has 138 valence electrons. The summed E-state index contributed by atoms with van der Waals surface area (Å²) in [6, 6.07) is 11.0. The van der Waals surface area contributed by atoms with Crippen molar-refractivity contribution in [3.05, 3.63) is 58.6 Å². The van der Waals surface area contributed by atoms with Gasteiger partial charge < -0.3 is 10.1 Å². The van der Waals surface area contributed by atoms with Gasteiger partial charge in [0.15, 0.2) is 11.5 Å². The van der Waals surface area contributed by atoms with E-state index >= 15 is 0 Å². The number of nitrogens with zero attached hydrogens (tertiary/aromatic N) is 1. The average molecular weight is 379 g/mol. The lowest BCUT2D eigenvalue weighted by atomic mass is 10.3. The minimum atomic E-state index is -4.17. The number of benzene rings is 2. The van der Waals surface area contributed by atoms with Crippen molar-refractivity contribution in [2.75, 3.05) is 17.9 Å². The van der Waals surface area contributed by atoms with Crippen LogP contribution in [-0.4, -0.2) is 32.4 Å². The molecule has 0 unspecified atom stereocenters. The third-order valence-electron chi connectivity index (χ3n) is 3.18. The van der Waals surface area contributed by atoms with Crippen LogP contribution in [0.3, 0.4) is 0 Å². The molecule has 0 spiro atoms. The van der Waals surface area contributed by atoms with Crippen molar-refractivity contribution < 1.29 is 22.9 Å². The maximum Gasteiger partial charge on any atom is 0.289 e. The molecular weight excluding hydrogens is 362 g/mol. The number of amides is 1. The molecule has 0 bridgehead atoms. The molecule has 2 N–H and O–H groups in total. The Kier molecular flexibility index (Phi) is 6.12. The van der Waals surface area contributed by atoms with Gasteiger partial charge in [0.05, 0.1) is 10.6 Å². The molecule has 26 heavy (non-hydrogen) atoms. The molecule has 0 fully saturated rings. The summed E-state index contributed by atoms with van der Waals surface area (Å²) >= 11 is 0. The highest BCUT2D eigenvalue weighted by Gasteiger charge is 2.25. The molecule has 1 amide bonds. The third-order valence-corrected chi connectivity index (χ3v) is 4.61. The highest BCUT2D eigenvalue weighted by atomic mass is 32.2. The topological polar surface area (TPSA) is 128 Å². The number of sulfonamides is 1. The van der Waals surface area contributed by atoms with E-state index in [2.05, 4.69) is 10.0 Å². The van der Waals surface area contributed by atoms with E-state index in [1.54, 1.807) is 13.0 Å². The van der Waals surface area contributed by atoms with E-state index in [1.165, 1.54) is 30.3 Å². The Morgan fingerprint density at radius 2 is 1.92 bits per heavy atom. The zero-order valence-corrected chi connectivity index (χ0v) is 14.7. The van der Waals surface area contributed by atoms with Gasteiger partial charge in [-0.1, -0.05) is 18.2 Å². The van der Waals surface area contributed by atoms with Crippen LogP contribution in [0.15, 0.2) is 53.4 Å². The molecule has 0 radical (unpaired) electrons. The number of likely N-dealkylation sites (N-methyl/N-ethyl adjacent to an activating group) is 1. The van der Waals surface area contributed by atoms with Gasteiger partial charge in [-0.25, -0.2) is 8.42 Å². The lowest BCUT2D eigenvalue weighted by Gasteiger charge is -2.10. The SMILES string of the molecule is CCNC(=O)COc1cccc(NS(=O)(=O)c2ccccc2[N+](=O)[O-])c1. The summed E-state index contributed by atoms with van der Waals surface area (Å²) in [5.41, 5.74) is -0.375. The van der Waals surface area contributed by atoms with E-state index in [-0.39, 0.29) is 24.0 Å². The summed E-state index contributed by atoms with van der Waals surface area (Å²) in [4.78, 5) is 21.2. The maximum absolute atomic E-state index is 12.5. The number of hydrogen-bond acceptors (Lipinski definition) is 6. The van der Waals surface area contributed by atoms with Gasteiger partial charge in [0.2, 0.25) is 0 Å². The highest BCUT2D eigenvalue weighted by Crippen LogP contribution is 2.26. The lowest BCUT2D eigenvalue weighted by molar-refractivity contribution is -0.387. The fourth-order valence-corrected chi connectivity index (χ4v) is 3.31. The van der Waals surface area contributed by atoms with Crippen LogP contribution in [0.4, 0.5) is 11.4 Å². The highest BCUT2D eigenvalue weighted by molar-refractivity contribution is 7.92. The Bertz CT molecular complexity index is 914. The largest absolute Gasteiger partial charge is 0.484 e. The van der Waals surface area contributed by atoms with Crippen molar-refractivity contribution in [1.29, 1.82) is 0 Å². The number of rotatable bonds is 8. The molecular formula is C16H17N3O6S. The first-order chi connectivity index (χ1) is 12.3. The summed E-state index contributed by atoms with van der Waals surface area (Å²) in [5, 5.41) is 13.6. The predicted molar refractivity (Wildman–Crippen MR) is 94.5 cm³/mol. The maximum atomic E-state index is 12.5. The normalized spacial score (nSPS) is 10.8. The van der Waals surface area contributed by atoms with Gasteiger partial charge >= 0.3 is 0 Å². The van der Waals surface area contributed by atoms with E-state index in [1.807, 2.05) is 0 Å². The number of carbonyl (C=O) groups excluding carboxylic acids is 1. The Morgan fingerprint density at radius 1 is 1.19 bits per heavy atom. The molecule has 0 aliphatic rings. The van der Waals surface area contributed by atoms with Crippen LogP contribution in [0.2, 0.25) is 0 Å². The van der Waals surface area contributed by atoms with Crippen molar-refractivity contribution in [3.63, 3.8) is 0 Å². The molecule has 2 aromatic carbocycles. The number of ether oxygens (including phenoxy) is 1. The Labute approximate surface area is 150 Å². The second-order valence-electron chi connectivity index (χ2n) is 5.10. The molecule has 2 rings (SSSR count). The molecule has 9 nitrogen and oxygen atoms in total. The average Bonchev–Trinajstić information content (AvgIpc) is 2.60. The first kappa shape index (κ1) is 19.2. The van der Waals surface area contributed by atoms with Crippen LogP contribution >= 0.6 is 0 Å². The van der Waals surface area contributed by atoms with Gasteiger partial charge in [0.25, 0.3) is 21.6 Å². The molecule has 0 aromatic heterocycles.